The fourth-order valence-electron chi connectivity index (χ4n) is 2.79. The first-order chi connectivity index (χ1) is 11.2. The molecule has 1 aromatic carbocycles. The van der Waals surface area contributed by atoms with E-state index in [2.05, 4.69) is 11.4 Å². The van der Waals surface area contributed by atoms with Crippen LogP contribution in [0.25, 0.3) is 0 Å². The zero-order valence-electron chi connectivity index (χ0n) is 13.4. The Morgan fingerprint density at radius 1 is 1.22 bits per heavy atom. The van der Waals surface area contributed by atoms with Crippen molar-refractivity contribution in [2.75, 3.05) is 19.8 Å². The van der Waals surface area contributed by atoms with Gasteiger partial charge in [0, 0.05) is 31.1 Å². The number of aliphatic carboxylic acids is 1. The molecule has 1 amide bonds. The molecule has 0 aromatic heterocycles. The Morgan fingerprint density at radius 3 is 2.78 bits per heavy atom. The van der Waals surface area contributed by atoms with Crippen molar-refractivity contribution in [3.05, 3.63) is 35.4 Å². The van der Waals surface area contributed by atoms with Crippen LogP contribution in [0.4, 0.5) is 0 Å². The Morgan fingerprint density at radius 2 is 2.04 bits per heavy atom. The molecule has 1 atom stereocenters. The Labute approximate surface area is 137 Å². The number of carboxylic acid groups (broad SMARTS) is 1. The third-order valence-corrected chi connectivity index (χ3v) is 4.15. The van der Waals surface area contributed by atoms with Crippen LogP contribution >= 0.6 is 0 Å². The first-order valence-electron chi connectivity index (χ1n) is 8.34. The molecule has 0 radical (unpaired) electrons. The number of unbranched alkanes of at least 4 members (excludes halogenated alkanes) is 3. The summed E-state index contributed by atoms with van der Waals surface area (Å²) in [4.78, 5) is 22.6. The molecule has 1 saturated heterocycles. The molecule has 5 nitrogen and oxygen atoms in total. The van der Waals surface area contributed by atoms with Crippen molar-refractivity contribution in [1.29, 1.82) is 0 Å². The zero-order valence-corrected chi connectivity index (χ0v) is 13.4. The second-order valence-electron chi connectivity index (χ2n) is 6.00. The minimum atomic E-state index is -0.745. The number of hydrogen-bond donors (Lipinski definition) is 2. The second-order valence-corrected chi connectivity index (χ2v) is 6.00. The maximum Gasteiger partial charge on any atom is 0.303 e. The molecule has 0 spiro atoms. The van der Waals surface area contributed by atoms with Gasteiger partial charge in [0.25, 0.3) is 5.91 Å². The van der Waals surface area contributed by atoms with Crippen LogP contribution in [0.2, 0.25) is 0 Å². The summed E-state index contributed by atoms with van der Waals surface area (Å²) < 4.78 is 5.40. The van der Waals surface area contributed by atoms with Crippen LogP contribution in [0.1, 0.15) is 60.4 Å². The SMILES string of the molecule is O=C(O)CCCCCCNC(=O)c1cccc(C2CCOC2)c1. The average molecular weight is 319 g/mol. The van der Waals surface area contributed by atoms with E-state index in [-0.39, 0.29) is 12.3 Å². The first kappa shape index (κ1) is 17.5. The molecule has 2 N–H and O–H groups in total. The van der Waals surface area contributed by atoms with E-state index in [0.717, 1.165) is 38.9 Å². The molecule has 1 heterocycles. The van der Waals surface area contributed by atoms with Crippen molar-refractivity contribution >= 4 is 11.9 Å². The standard InChI is InChI=1S/C18H25NO4/c20-17(21)8-3-1-2-4-10-19-18(22)15-7-5-6-14(12-15)16-9-11-23-13-16/h5-7,12,16H,1-4,8-11,13H2,(H,19,22)(H,20,21). The fourth-order valence-corrected chi connectivity index (χ4v) is 2.79. The van der Waals surface area contributed by atoms with Crippen LogP contribution in [0.3, 0.4) is 0 Å². The van der Waals surface area contributed by atoms with Crippen LogP contribution < -0.4 is 5.32 Å². The highest BCUT2D eigenvalue weighted by Gasteiger charge is 2.18. The number of ether oxygens (including phenoxy) is 1. The maximum absolute atomic E-state index is 12.2. The first-order valence-corrected chi connectivity index (χ1v) is 8.34. The minimum absolute atomic E-state index is 0.0451. The minimum Gasteiger partial charge on any atom is -0.481 e. The zero-order chi connectivity index (χ0) is 16.5. The van der Waals surface area contributed by atoms with Crippen LogP contribution in [0.15, 0.2) is 24.3 Å². The van der Waals surface area contributed by atoms with Crippen LogP contribution in [0.5, 0.6) is 0 Å². The molecular weight excluding hydrogens is 294 g/mol. The van der Waals surface area contributed by atoms with E-state index in [0.29, 0.717) is 24.4 Å². The van der Waals surface area contributed by atoms with Crippen molar-refractivity contribution in [1.82, 2.24) is 5.32 Å². The van der Waals surface area contributed by atoms with Gasteiger partial charge in [-0.1, -0.05) is 25.0 Å². The van der Waals surface area contributed by atoms with Gasteiger partial charge in [-0.05, 0) is 37.0 Å². The third kappa shape index (κ3) is 6.02. The Balaban J connectivity index is 1.69. The quantitative estimate of drug-likeness (QED) is 0.686. The number of hydrogen-bond acceptors (Lipinski definition) is 3. The number of carboxylic acids is 1. The molecule has 0 aliphatic carbocycles. The smallest absolute Gasteiger partial charge is 0.303 e. The summed E-state index contributed by atoms with van der Waals surface area (Å²) in [5, 5.41) is 11.5. The highest BCUT2D eigenvalue weighted by molar-refractivity contribution is 5.94. The fraction of sp³-hybridized carbons (Fsp3) is 0.556. The largest absolute Gasteiger partial charge is 0.481 e. The molecule has 1 fully saturated rings. The van der Waals surface area contributed by atoms with Gasteiger partial charge in [0.1, 0.15) is 0 Å². The summed E-state index contributed by atoms with van der Waals surface area (Å²) in [5.41, 5.74) is 1.86. The average Bonchev–Trinajstić information content (AvgIpc) is 3.08. The number of carbonyl (C=O) groups excluding carboxylic acids is 1. The summed E-state index contributed by atoms with van der Waals surface area (Å²) in [7, 11) is 0. The van der Waals surface area contributed by atoms with Gasteiger partial charge in [-0.25, -0.2) is 0 Å². The summed E-state index contributed by atoms with van der Waals surface area (Å²) in [6.45, 7) is 2.16. The molecule has 2 rings (SSSR count). The van der Waals surface area contributed by atoms with E-state index in [1.807, 2.05) is 18.2 Å². The van der Waals surface area contributed by atoms with E-state index < -0.39 is 5.97 Å². The predicted molar refractivity (Wildman–Crippen MR) is 87.7 cm³/mol. The molecule has 23 heavy (non-hydrogen) atoms. The molecule has 1 aliphatic rings. The lowest BCUT2D eigenvalue weighted by molar-refractivity contribution is -0.137. The summed E-state index contributed by atoms with van der Waals surface area (Å²) in [6.07, 6.45) is 4.65. The van der Waals surface area contributed by atoms with Gasteiger partial charge >= 0.3 is 5.97 Å². The molecule has 1 aliphatic heterocycles. The van der Waals surface area contributed by atoms with Gasteiger partial charge < -0.3 is 15.2 Å². The van der Waals surface area contributed by atoms with Crippen LogP contribution in [-0.2, 0) is 9.53 Å². The van der Waals surface area contributed by atoms with Gasteiger partial charge in [-0.3, -0.25) is 9.59 Å². The number of benzene rings is 1. The van der Waals surface area contributed by atoms with Gasteiger partial charge in [0.05, 0.1) is 6.61 Å². The maximum atomic E-state index is 12.2. The van der Waals surface area contributed by atoms with E-state index in [4.69, 9.17) is 9.84 Å². The summed E-state index contributed by atoms with van der Waals surface area (Å²) >= 11 is 0. The van der Waals surface area contributed by atoms with E-state index in [1.54, 1.807) is 0 Å². The monoisotopic (exact) mass is 319 g/mol. The number of amides is 1. The van der Waals surface area contributed by atoms with Gasteiger partial charge in [-0.15, -0.1) is 0 Å². The van der Waals surface area contributed by atoms with E-state index in [1.165, 1.54) is 5.56 Å². The molecule has 0 saturated carbocycles. The normalized spacial score (nSPS) is 17.1. The van der Waals surface area contributed by atoms with Crippen molar-refractivity contribution in [3.8, 4) is 0 Å². The van der Waals surface area contributed by atoms with Crippen molar-refractivity contribution in [2.45, 2.75) is 44.4 Å². The number of rotatable bonds is 9. The molecular formula is C18H25NO4. The van der Waals surface area contributed by atoms with E-state index >= 15 is 0 Å². The Bertz CT molecular complexity index is 524. The van der Waals surface area contributed by atoms with Crippen molar-refractivity contribution in [3.63, 3.8) is 0 Å². The predicted octanol–water partition coefficient (Wildman–Crippen LogP) is 2.96. The second kappa shape index (κ2) is 9.30. The van der Waals surface area contributed by atoms with E-state index in [9.17, 15) is 9.59 Å². The summed E-state index contributed by atoms with van der Waals surface area (Å²) in [6, 6.07) is 7.77. The van der Waals surface area contributed by atoms with Crippen molar-refractivity contribution in [2.24, 2.45) is 0 Å². The summed E-state index contributed by atoms with van der Waals surface area (Å²) in [5.74, 6) is -0.390. The lowest BCUT2D eigenvalue weighted by Gasteiger charge is -2.10. The molecule has 5 heteroatoms. The highest BCUT2D eigenvalue weighted by atomic mass is 16.5. The lowest BCUT2D eigenvalue weighted by Crippen LogP contribution is -2.24. The highest BCUT2D eigenvalue weighted by Crippen LogP contribution is 2.25. The molecule has 126 valence electrons. The van der Waals surface area contributed by atoms with Gasteiger partial charge in [-0.2, -0.15) is 0 Å². The molecule has 1 aromatic rings. The molecule has 1 unspecified atom stereocenters. The molecule has 0 bridgehead atoms. The van der Waals surface area contributed by atoms with Crippen molar-refractivity contribution < 1.29 is 19.4 Å². The van der Waals surface area contributed by atoms with Gasteiger partial charge in [0.2, 0.25) is 0 Å². The van der Waals surface area contributed by atoms with Gasteiger partial charge in [0.15, 0.2) is 0 Å². The Hall–Kier alpha value is -1.88. The number of carbonyl (C=O) groups is 2. The Kier molecular flexibility index (Phi) is 7.07. The van der Waals surface area contributed by atoms with Crippen LogP contribution in [-0.4, -0.2) is 36.7 Å². The lowest BCUT2D eigenvalue weighted by atomic mass is 9.96. The van der Waals surface area contributed by atoms with Crippen LogP contribution in [0, 0.1) is 0 Å². The number of nitrogens with one attached hydrogen (secondary N) is 1. The topological polar surface area (TPSA) is 75.6 Å². The third-order valence-electron chi connectivity index (χ3n) is 4.15.